The molecule has 0 radical (unpaired) electrons. The molecule has 1 saturated carbocycles. The van der Waals surface area contributed by atoms with Crippen LogP contribution in [0.15, 0.2) is 12.1 Å². The molecule has 0 amide bonds. The van der Waals surface area contributed by atoms with Crippen LogP contribution in [0.1, 0.15) is 51.4 Å². The molecular formula is C19H25NO4SSi. The Bertz CT molecular complexity index is 836. The highest BCUT2D eigenvalue weighted by molar-refractivity contribution is 7.20. The Morgan fingerprint density at radius 2 is 1.92 bits per heavy atom. The summed E-state index contributed by atoms with van der Waals surface area (Å²) in [5.74, 6) is -0.270. The standard InChI is InChI=1S/C19H25NO4SSi/c1-5-23-18(21)15-10-13(12-6-7-12)14-11-16(25-17(14)20-15)19(22)24-8-9-26(2,3)4/h10-12H,5-9H2,1-4H3. The fourth-order valence-electron chi connectivity index (χ4n) is 2.70. The summed E-state index contributed by atoms with van der Waals surface area (Å²) in [7, 11) is -1.24. The lowest BCUT2D eigenvalue weighted by Gasteiger charge is -2.14. The highest BCUT2D eigenvalue weighted by Crippen LogP contribution is 2.44. The van der Waals surface area contributed by atoms with E-state index in [1.807, 2.05) is 12.1 Å². The predicted molar refractivity (Wildman–Crippen MR) is 106 cm³/mol. The molecule has 0 saturated heterocycles. The molecule has 0 spiro atoms. The maximum atomic E-state index is 12.4. The lowest BCUT2D eigenvalue weighted by Crippen LogP contribution is -2.22. The lowest BCUT2D eigenvalue weighted by atomic mass is 10.1. The van der Waals surface area contributed by atoms with Crippen molar-refractivity contribution in [2.24, 2.45) is 0 Å². The molecule has 3 rings (SSSR count). The van der Waals surface area contributed by atoms with E-state index in [9.17, 15) is 9.59 Å². The summed E-state index contributed by atoms with van der Waals surface area (Å²) in [6.07, 6.45) is 2.21. The zero-order valence-corrected chi connectivity index (χ0v) is 17.6. The first kappa shape index (κ1) is 19.0. The number of rotatable bonds is 7. The number of nitrogens with zero attached hydrogens (tertiary/aromatic N) is 1. The summed E-state index contributed by atoms with van der Waals surface area (Å²) < 4.78 is 10.5. The molecule has 1 fully saturated rings. The van der Waals surface area contributed by atoms with E-state index in [1.165, 1.54) is 11.3 Å². The number of carbonyl (C=O) groups excluding carboxylic acids is 2. The number of carbonyl (C=O) groups is 2. The minimum atomic E-state index is -1.24. The van der Waals surface area contributed by atoms with Gasteiger partial charge in [-0.1, -0.05) is 19.6 Å². The van der Waals surface area contributed by atoms with Crippen LogP contribution in [0.25, 0.3) is 10.2 Å². The molecular weight excluding hydrogens is 366 g/mol. The normalized spacial score (nSPS) is 14.5. The zero-order chi connectivity index (χ0) is 18.9. The average molecular weight is 392 g/mol. The van der Waals surface area contributed by atoms with Gasteiger partial charge in [0.05, 0.1) is 13.2 Å². The summed E-state index contributed by atoms with van der Waals surface area (Å²) in [6.45, 7) is 9.31. The van der Waals surface area contributed by atoms with Crippen molar-refractivity contribution in [2.45, 2.75) is 51.4 Å². The summed E-state index contributed by atoms with van der Waals surface area (Å²) in [5.41, 5.74) is 1.41. The Balaban J connectivity index is 1.86. The molecule has 1 aliphatic rings. The van der Waals surface area contributed by atoms with Crippen molar-refractivity contribution in [2.75, 3.05) is 13.2 Å². The van der Waals surface area contributed by atoms with Crippen LogP contribution in [0, 0.1) is 0 Å². The smallest absolute Gasteiger partial charge is 0.356 e. The van der Waals surface area contributed by atoms with Gasteiger partial charge in [0.15, 0.2) is 0 Å². The van der Waals surface area contributed by atoms with Gasteiger partial charge in [-0.15, -0.1) is 11.3 Å². The first-order valence-electron chi connectivity index (χ1n) is 9.07. The lowest BCUT2D eigenvalue weighted by molar-refractivity contribution is 0.0514. The minimum absolute atomic E-state index is 0.300. The predicted octanol–water partition coefficient (Wildman–Crippen LogP) is 4.85. The number of thiophene rings is 1. The topological polar surface area (TPSA) is 65.5 Å². The van der Waals surface area contributed by atoms with Gasteiger partial charge in [0.25, 0.3) is 0 Å². The monoisotopic (exact) mass is 391 g/mol. The van der Waals surface area contributed by atoms with Gasteiger partial charge in [-0.2, -0.15) is 0 Å². The van der Waals surface area contributed by atoms with E-state index in [0.717, 1.165) is 29.8 Å². The van der Waals surface area contributed by atoms with Crippen molar-refractivity contribution >= 4 is 41.6 Å². The van der Waals surface area contributed by atoms with Gasteiger partial charge in [0.2, 0.25) is 0 Å². The van der Waals surface area contributed by atoms with Gasteiger partial charge < -0.3 is 9.47 Å². The molecule has 140 valence electrons. The third kappa shape index (κ3) is 4.51. The Kier molecular flexibility index (Phi) is 5.48. The van der Waals surface area contributed by atoms with Crippen LogP contribution in [-0.4, -0.2) is 38.2 Å². The first-order valence-corrected chi connectivity index (χ1v) is 13.6. The summed E-state index contributed by atoms with van der Waals surface area (Å²) in [4.78, 5) is 30.2. The Labute approximate surface area is 158 Å². The van der Waals surface area contributed by atoms with Gasteiger partial charge >= 0.3 is 11.9 Å². The average Bonchev–Trinajstić information content (AvgIpc) is 3.31. The number of ether oxygens (including phenoxy) is 2. The van der Waals surface area contributed by atoms with E-state index in [0.29, 0.717) is 34.5 Å². The molecule has 2 aromatic rings. The summed E-state index contributed by atoms with van der Waals surface area (Å²) in [5, 5.41) is 0.961. The highest BCUT2D eigenvalue weighted by Gasteiger charge is 2.29. The Hall–Kier alpha value is -1.73. The fourth-order valence-corrected chi connectivity index (χ4v) is 4.37. The zero-order valence-electron chi connectivity index (χ0n) is 15.8. The number of esters is 2. The number of hydrogen-bond acceptors (Lipinski definition) is 6. The third-order valence-corrected chi connectivity index (χ3v) is 7.04. The molecule has 0 N–H and O–H groups in total. The van der Waals surface area contributed by atoms with Gasteiger partial charge in [-0.3, -0.25) is 0 Å². The van der Waals surface area contributed by atoms with E-state index in [1.54, 1.807) is 6.92 Å². The van der Waals surface area contributed by atoms with E-state index < -0.39 is 14.0 Å². The second-order valence-corrected chi connectivity index (χ2v) is 14.5. The SMILES string of the molecule is CCOC(=O)c1cc(C2CC2)c2cc(C(=O)OCC[Si](C)(C)C)sc2n1. The Morgan fingerprint density at radius 1 is 1.19 bits per heavy atom. The maximum Gasteiger partial charge on any atom is 0.356 e. The van der Waals surface area contributed by atoms with Crippen molar-refractivity contribution in [3.05, 3.63) is 28.3 Å². The first-order chi connectivity index (χ1) is 12.3. The molecule has 7 heteroatoms. The van der Waals surface area contributed by atoms with Gasteiger partial charge in [-0.05, 0) is 49.4 Å². The number of hydrogen-bond donors (Lipinski definition) is 0. The van der Waals surface area contributed by atoms with Crippen molar-refractivity contribution in [1.82, 2.24) is 4.98 Å². The van der Waals surface area contributed by atoms with Gasteiger partial charge in [0, 0.05) is 13.5 Å². The van der Waals surface area contributed by atoms with Gasteiger partial charge in [0.1, 0.15) is 15.4 Å². The number of fused-ring (bicyclic) bond motifs is 1. The quantitative estimate of drug-likeness (QED) is 0.499. The van der Waals surface area contributed by atoms with E-state index in [2.05, 4.69) is 24.6 Å². The van der Waals surface area contributed by atoms with Crippen LogP contribution in [-0.2, 0) is 9.47 Å². The summed E-state index contributed by atoms with van der Waals surface area (Å²) in [6, 6.07) is 4.64. The summed E-state index contributed by atoms with van der Waals surface area (Å²) >= 11 is 1.29. The van der Waals surface area contributed by atoms with Crippen LogP contribution in [0.5, 0.6) is 0 Å². The largest absolute Gasteiger partial charge is 0.462 e. The van der Waals surface area contributed by atoms with Crippen LogP contribution in [0.4, 0.5) is 0 Å². The Morgan fingerprint density at radius 3 is 2.54 bits per heavy atom. The van der Waals surface area contributed by atoms with Crippen LogP contribution in [0.2, 0.25) is 25.7 Å². The fraction of sp³-hybridized carbons (Fsp3) is 0.526. The van der Waals surface area contributed by atoms with E-state index in [4.69, 9.17) is 9.47 Å². The molecule has 26 heavy (non-hydrogen) atoms. The second kappa shape index (κ2) is 7.48. The molecule has 0 atom stereocenters. The van der Waals surface area contributed by atoms with E-state index >= 15 is 0 Å². The molecule has 1 aliphatic carbocycles. The van der Waals surface area contributed by atoms with Crippen molar-refractivity contribution < 1.29 is 19.1 Å². The van der Waals surface area contributed by atoms with Crippen molar-refractivity contribution in [3.8, 4) is 0 Å². The number of aromatic nitrogens is 1. The molecule has 0 unspecified atom stereocenters. The van der Waals surface area contributed by atoms with E-state index in [-0.39, 0.29) is 5.97 Å². The molecule has 2 aromatic heterocycles. The van der Waals surface area contributed by atoms with Crippen LogP contribution >= 0.6 is 11.3 Å². The number of pyridine rings is 1. The van der Waals surface area contributed by atoms with Crippen LogP contribution in [0.3, 0.4) is 0 Å². The van der Waals surface area contributed by atoms with Gasteiger partial charge in [-0.25, -0.2) is 14.6 Å². The molecule has 2 heterocycles. The minimum Gasteiger partial charge on any atom is -0.462 e. The molecule has 0 aliphatic heterocycles. The maximum absolute atomic E-state index is 12.4. The van der Waals surface area contributed by atoms with Crippen molar-refractivity contribution in [1.29, 1.82) is 0 Å². The second-order valence-electron chi connectivity index (χ2n) is 7.87. The molecule has 5 nitrogen and oxygen atoms in total. The van der Waals surface area contributed by atoms with Crippen LogP contribution < -0.4 is 0 Å². The molecule has 0 bridgehead atoms. The third-order valence-electron chi connectivity index (χ3n) is 4.33. The highest BCUT2D eigenvalue weighted by atomic mass is 32.1. The van der Waals surface area contributed by atoms with Crippen molar-refractivity contribution in [3.63, 3.8) is 0 Å². The molecule has 0 aromatic carbocycles.